The summed E-state index contributed by atoms with van der Waals surface area (Å²) in [7, 11) is 1.59. The van der Waals surface area contributed by atoms with Gasteiger partial charge in [-0.25, -0.2) is 9.79 Å². The van der Waals surface area contributed by atoms with Crippen LogP contribution in [0.15, 0.2) is 81.7 Å². The lowest BCUT2D eigenvalue weighted by atomic mass is 9.94. The molecule has 1 aromatic heterocycles. The largest absolute Gasteiger partial charge is 0.497 e. The molecule has 0 N–H and O–H groups in total. The Morgan fingerprint density at radius 2 is 1.90 bits per heavy atom. The number of nitrogens with zero attached hydrogens (tertiary/aromatic N) is 2. The summed E-state index contributed by atoms with van der Waals surface area (Å²) in [4.78, 5) is 33.1. The first-order valence-electron chi connectivity index (χ1n) is 13.9. The molecule has 0 amide bonds. The third-order valence-electron chi connectivity index (χ3n) is 6.87. The molecule has 41 heavy (non-hydrogen) atoms. The maximum Gasteiger partial charge on any atom is 0.338 e. The Bertz CT molecular complexity index is 1820. The van der Waals surface area contributed by atoms with Crippen molar-refractivity contribution >= 4 is 34.2 Å². The molecule has 1 aliphatic rings. The van der Waals surface area contributed by atoms with Crippen LogP contribution in [-0.2, 0) is 9.53 Å². The summed E-state index contributed by atoms with van der Waals surface area (Å²) in [6.07, 6.45) is 3.21. The fourth-order valence-electron chi connectivity index (χ4n) is 5.16. The number of hydrogen-bond donors (Lipinski definition) is 0. The van der Waals surface area contributed by atoms with Crippen LogP contribution in [0.3, 0.4) is 0 Å². The van der Waals surface area contributed by atoms with Gasteiger partial charge in [0.25, 0.3) is 5.56 Å². The van der Waals surface area contributed by atoms with Gasteiger partial charge in [-0.2, -0.15) is 0 Å². The second-order valence-corrected chi connectivity index (χ2v) is 11.1. The maximum atomic E-state index is 14.3. The van der Waals surface area contributed by atoms with Crippen molar-refractivity contribution < 1.29 is 19.0 Å². The van der Waals surface area contributed by atoms with Crippen LogP contribution >= 0.6 is 11.3 Å². The molecule has 1 atom stereocenters. The number of aromatic nitrogens is 1. The molecule has 5 rings (SSSR count). The summed E-state index contributed by atoms with van der Waals surface area (Å²) in [5.74, 6) is 0.865. The van der Waals surface area contributed by atoms with Gasteiger partial charge in [-0.05, 0) is 67.8 Å². The van der Waals surface area contributed by atoms with E-state index in [0.717, 1.165) is 28.3 Å². The number of carbonyl (C=O) groups is 1. The van der Waals surface area contributed by atoms with Crippen LogP contribution in [0.2, 0.25) is 0 Å². The van der Waals surface area contributed by atoms with Gasteiger partial charge in [0, 0.05) is 5.56 Å². The predicted molar refractivity (Wildman–Crippen MR) is 162 cm³/mol. The summed E-state index contributed by atoms with van der Waals surface area (Å²) in [6.45, 7) is 7.99. The Hall–Kier alpha value is -4.17. The van der Waals surface area contributed by atoms with Crippen molar-refractivity contribution in [3.05, 3.63) is 103 Å². The van der Waals surface area contributed by atoms with E-state index in [9.17, 15) is 9.59 Å². The van der Waals surface area contributed by atoms with Crippen LogP contribution in [0.25, 0.3) is 16.8 Å². The minimum absolute atomic E-state index is 0.0404. The van der Waals surface area contributed by atoms with E-state index in [1.54, 1.807) is 18.6 Å². The SMILES string of the molecule is CCCC1=C(C(=O)OCC)[C@@H](c2cccc(OC)c2)n2c(s/c(=C\c3c(OC(C)C)ccc4ccccc34)c2=O)=N1. The highest BCUT2D eigenvalue weighted by atomic mass is 32.1. The molecule has 0 spiro atoms. The number of thiazole rings is 1. The Kier molecular flexibility index (Phi) is 8.40. The first kappa shape index (κ1) is 28.4. The van der Waals surface area contributed by atoms with Crippen molar-refractivity contribution in [3.8, 4) is 11.5 Å². The molecule has 7 nitrogen and oxygen atoms in total. The van der Waals surface area contributed by atoms with E-state index in [-0.39, 0.29) is 18.3 Å². The molecule has 3 aromatic carbocycles. The zero-order chi connectivity index (χ0) is 29.1. The smallest absolute Gasteiger partial charge is 0.338 e. The van der Waals surface area contributed by atoms with Crippen LogP contribution in [0.1, 0.15) is 57.7 Å². The van der Waals surface area contributed by atoms with Crippen LogP contribution in [0.5, 0.6) is 11.5 Å². The normalized spacial score (nSPS) is 15.2. The Balaban J connectivity index is 1.81. The van der Waals surface area contributed by atoms with Gasteiger partial charge in [-0.3, -0.25) is 9.36 Å². The lowest BCUT2D eigenvalue weighted by Gasteiger charge is -2.26. The molecule has 0 saturated carbocycles. The third-order valence-corrected chi connectivity index (χ3v) is 7.85. The first-order chi connectivity index (χ1) is 19.9. The van der Waals surface area contributed by atoms with Crippen molar-refractivity contribution in [3.63, 3.8) is 0 Å². The quantitative estimate of drug-likeness (QED) is 0.247. The lowest BCUT2D eigenvalue weighted by Crippen LogP contribution is -2.40. The van der Waals surface area contributed by atoms with Crippen LogP contribution < -0.4 is 24.4 Å². The van der Waals surface area contributed by atoms with Crippen LogP contribution in [-0.4, -0.2) is 30.4 Å². The fraction of sp³-hybridized carbons (Fsp3) is 0.303. The average molecular weight is 571 g/mol. The summed E-state index contributed by atoms with van der Waals surface area (Å²) in [5, 5.41) is 2.03. The van der Waals surface area contributed by atoms with Gasteiger partial charge in [0.2, 0.25) is 0 Å². The van der Waals surface area contributed by atoms with Crippen molar-refractivity contribution in [1.82, 2.24) is 4.57 Å². The number of ether oxygens (including phenoxy) is 3. The number of hydrogen-bond acceptors (Lipinski definition) is 7. The zero-order valence-corrected chi connectivity index (χ0v) is 24.8. The van der Waals surface area contributed by atoms with Gasteiger partial charge in [0.05, 0.1) is 41.7 Å². The highest BCUT2D eigenvalue weighted by molar-refractivity contribution is 7.07. The van der Waals surface area contributed by atoms with E-state index < -0.39 is 12.0 Å². The molecular formula is C33H34N2O5S. The number of fused-ring (bicyclic) bond motifs is 2. The topological polar surface area (TPSA) is 79.1 Å². The van der Waals surface area contributed by atoms with Gasteiger partial charge >= 0.3 is 5.97 Å². The molecular weight excluding hydrogens is 536 g/mol. The molecule has 4 aromatic rings. The number of esters is 1. The molecule has 0 aliphatic carbocycles. The molecule has 2 heterocycles. The van der Waals surface area contributed by atoms with Crippen molar-refractivity contribution in [2.75, 3.05) is 13.7 Å². The Morgan fingerprint density at radius 3 is 2.63 bits per heavy atom. The van der Waals surface area contributed by atoms with E-state index in [1.807, 2.05) is 87.5 Å². The monoisotopic (exact) mass is 570 g/mol. The highest BCUT2D eigenvalue weighted by Crippen LogP contribution is 2.34. The molecule has 0 saturated heterocycles. The van der Waals surface area contributed by atoms with Gasteiger partial charge in [-0.1, -0.05) is 67.1 Å². The van der Waals surface area contributed by atoms with Gasteiger partial charge in [0.15, 0.2) is 4.80 Å². The number of methoxy groups -OCH3 is 1. The molecule has 8 heteroatoms. The molecule has 0 bridgehead atoms. The second kappa shape index (κ2) is 12.1. The standard InChI is InChI=1S/C33H34N2O5S/c1-6-11-26-29(32(37)39-7-2)30(22-13-10-14-23(18-22)38-5)35-31(36)28(41-33(35)34-26)19-25-24-15-9-8-12-21(24)16-17-27(25)40-20(3)4/h8-10,12-20,30H,6-7,11H2,1-5H3/b28-19-/t30-/m1/s1. The summed E-state index contributed by atoms with van der Waals surface area (Å²) < 4.78 is 19.3. The number of rotatable bonds is 9. The van der Waals surface area contributed by atoms with Crippen molar-refractivity contribution in [2.45, 2.75) is 52.7 Å². The van der Waals surface area contributed by atoms with E-state index >= 15 is 0 Å². The zero-order valence-electron chi connectivity index (χ0n) is 24.0. The summed E-state index contributed by atoms with van der Waals surface area (Å²) >= 11 is 1.31. The number of allylic oxidation sites excluding steroid dienone is 1. The lowest BCUT2D eigenvalue weighted by molar-refractivity contribution is -0.139. The highest BCUT2D eigenvalue weighted by Gasteiger charge is 2.34. The predicted octanol–water partition coefficient (Wildman–Crippen LogP) is 5.53. The first-order valence-corrected chi connectivity index (χ1v) is 14.7. The molecule has 212 valence electrons. The third kappa shape index (κ3) is 5.57. The van der Waals surface area contributed by atoms with Gasteiger partial charge in [-0.15, -0.1) is 0 Å². The summed E-state index contributed by atoms with van der Waals surface area (Å²) in [6, 6.07) is 18.8. The van der Waals surface area contributed by atoms with Crippen molar-refractivity contribution in [1.29, 1.82) is 0 Å². The number of benzene rings is 3. The fourth-order valence-corrected chi connectivity index (χ4v) is 6.16. The minimum Gasteiger partial charge on any atom is -0.497 e. The molecule has 1 aliphatic heterocycles. The van der Waals surface area contributed by atoms with Crippen molar-refractivity contribution in [2.24, 2.45) is 4.99 Å². The Labute approximate surface area is 243 Å². The van der Waals surface area contributed by atoms with E-state index in [2.05, 4.69) is 0 Å². The van der Waals surface area contributed by atoms with Gasteiger partial charge < -0.3 is 14.2 Å². The van der Waals surface area contributed by atoms with E-state index in [1.165, 1.54) is 11.3 Å². The Morgan fingerprint density at radius 1 is 1.10 bits per heavy atom. The maximum absolute atomic E-state index is 14.3. The molecule has 0 radical (unpaired) electrons. The van der Waals surface area contributed by atoms with Crippen LogP contribution in [0.4, 0.5) is 0 Å². The molecule has 0 unspecified atom stereocenters. The van der Waals surface area contributed by atoms with E-state index in [4.69, 9.17) is 19.2 Å². The minimum atomic E-state index is -0.706. The molecule has 0 fully saturated rings. The van der Waals surface area contributed by atoms with E-state index in [0.29, 0.717) is 38.5 Å². The van der Waals surface area contributed by atoms with Crippen LogP contribution in [0, 0.1) is 0 Å². The van der Waals surface area contributed by atoms with Gasteiger partial charge in [0.1, 0.15) is 11.5 Å². The second-order valence-electron chi connectivity index (χ2n) is 10.1. The summed E-state index contributed by atoms with van der Waals surface area (Å²) in [5.41, 5.74) is 2.37. The number of carbonyl (C=O) groups excluding carboxylic acids is 1. The average Bonchev–Trinajstić information content (AvgIpc) is 3.27.